The standard InChI is InChI=1S/C23H19FN2O3/c1-15(27)26-21(17-6-5-7-18(24)12-17)14-20(25-26)16-10-11-23(22(28)13-16)29-19-8-3-2-4-9-19/h2-13,21,28H,14H2,1H3. The number of hydrazone groups is 1. The quantitative estimate of drug-likeness (QED) is 0.680. The Morgan fingerprint density at radius 1 is 1.10 bits per heavy atom. The molecule has 1 atom stereocenters. The molecule has 0 radical (unpaired) electrons. The predicted octanol–water partition coefficient (Wildman–Crippen LogP) is 5.02. The molecule has 5 nitrogen and oxygen atoms in total. The van der Waals surface area contributed by atoms with Crippen molar-refractivity contribution < 1.29 is 19.0 Å². The molecule has 0 saturated heterocycles. The van der Waals surface area contributed by atoms with Crippen molar-refractivity contribution in [2.24, 2.45) is 5.10 Å². The zero-order valence-corrected chi connectivity index (χ0v) is 15.7. The maximum absolute atomic E-state index is 13.7. The fourth-order valence-electron chi connectivity index (χ4n) is 3.35. The van der Waals surface area contributed by atoms with E-state index in [-0.39, 0.29) is 23.5 Å². The van der Waals surface area contributed by atoms with Gasteiger partial charge in [0.2, 0.25) is 5.91 Å². The smallest absolute Gasteiger partial charge is 0.240 e. The van der Waals surface area contributed by atoms with Gasteiger partial charge in [-0.15, -0.1) is 0 Å². The van der Waals surface area contributed by atoms with E-state index in [0.29, 0.717) is 34.8 Å². The zero-order chi connectivity index (χ0) is 20.4. The van der Waals surface area contributed by atoms with Crippen molar-refractivity contribution in [3.05, 3.63) is 89.7 Å². The number of para-hydroxylation sites is 1. The van der Waals surface area contributed by atoms with Gasteiger partial charge in [-0.25, -0.2) is 9.40 Å². The van der Waals surface area contributed by atoms with Crippen molar-refractivity contribution >= 4 is 11.6 Å². The average molecular weight is 390 g/mol. The fourth-order valence-corrected chi connectivity index (χ4v) is 3.35. The van der Waals surface area contributed by atoms with Crippen molar-refractivity contribution in [2.45, 2.75) is 19.4 Å². The van der Waals surface area contributed by atoms with Crippen molar-refractivity contribution in [1.82, 2.24) is 5.01 Å². The second kappa shape index (κ2) is 7.75. The summed E-state index contributed by atoms with van der Waals surface area (Å²) in [6.07, 6.45) is 0.418. The minimum atomic E-state index is -0.388. The molecule has 0 aliphatic carbocycles. The van der Waals surface area contributed by atoms with E-state index in [0.717, 1.165) is 0 Å². The Bertz CT molecular complexity index is 1080. The molecular formula is C23H19FN2O3. The highest BCUT2D eigenvalue weighted by Gasteiger charge is 2.31. The third-order valence-electron chi connectivity index (χ3n) is 4.73. The lowest BCUT2D eigenvalue weighted by atomic mass is 9.98. The van der Waals surface area contributed by atoms with E-state index in [2.05, 4.69) is 5.10 Å². The number of ether oxygens (including phenoxy) is 1. The number of hydrogen-bond acceptors (Lipinski definition) is 4. The lowest BCUT2D eigenvalue weighted by molar-refractivity contribution is -0.130. The molecule has 0 bridgehead atoms. The van der Waals surface area contributed by atoms with Crippen LogP contribution in [0.5, 0.6) is 17.2 Å². The van der Waals surface area contributed by atoms with Crippen LogP contribution in [0.15, 0.2) is 77.9 Å². The van der Waals surface area contributed by atoms with Crippen LogP contribution in [0.3, 0.4) is 0 Å². The number of amides is 1. The predicted molar refractivity (Wildman–Crippen MR) is 107 cm³/mol. The first-order valence-electron chi connectivity index (χ1n) is 9.20. The third kappa shape index (κ3) is 3.96. The lowest BCUT2D eigenvalue weighted by Crippen LogP contribution is -2.24. The highest BCUT2D eigenvalue weighted by Crippen LogP contribution is 2.36. The summed E-state index contributed by atoms with van der Waals surface area (Å²) < 4.78 is 19.4. The Morgan fingerprint density at radius 2 is 1.90 bits per heavy atom. The lowest BCUT2D eigenvalue weighted by Gasteiger charge is -2.20. The highest BCUT2D eigenvalue weighted by molar-refractivity contribution is 6.03. The molecule has 0 spiro atoms. The average Bonchev–Trinajstić information content (AvgIpc) is 3.16. The number of phenolic OH excluding ortho intramolecular Hbond substituents is 1. The van der Waals surface area contributed by atoms with Crippen LogP contribution < -0.4 is 4.74 Å². The molecule has 29 heavy (non-hydrogen) atoms. The number of halogens is 1. The van der Waals surface area contributed by atoms with Crippen LogP contribution in [-0.2, 0) is 4.79 Å². The van der Waals surface area contributed by atoms with Gasteiger partial charge in [-0.2, -0.15) is 5.10 Å². The maximum Gasteiger partial charge on any atom is 0.240 e. The molecule has 6 heteroatoms. The summed E-state index contributed by atoms with van der Waals surface area (Å²) >= 11 is 0. The summed E-state index contributed by atoms with van der Waals surface area (Å²) in [4.78, 5) is 12.1. The van der Waals surface area contributed by atoms with E-state index >= 15 is 0 Å². The van der Waals surface area contributed by atoms with Gasteiger partial charge < -0.3 is 9.84 Å². The largest absolute Gasteiger partial charge is 0.504 e. The van der Waals surface area contributed by atoms with E-state index < -0.39 is 0 Å². The van der Waals surface area contributed by atoms with Crippen LogP contribution in [-0.4, -0.2) is 21.7 Å². The SMILES string of the molecule is CC(=O)N1N=C(c2ccc(Oc3ccccc3)c(O)c2)CC1c1cccc(F)c1. The van der Waals surface area contributed by atoms with Crippen molar-refractivity contribution in [1.29, 1.82) is 0 Å². The first kappa shape index (κ1) is 18.7. The van der Waals surface area contributed by atoms with Gasteiger partial charge in [-0.3, -0.25) is 4.79 Å². The van der Waals surface area contributed by atoms with Gasteiger partial charge in [-0.1, -0.05) is 30.3 Å². The van der Waals surface area contributed by atoms with Crippen LogP contribution in [0, 0.1) is 5.82 Å². The second-order valence-electron chi connectivity index (χ2n) is 6.78. The molecule has 1 heterocycles. The molecule has 146 valence electrons. The zero-order valence-electron chi connectivity index (χ0n) is 15.7. The van der Waals surface area contributed by atoms with E-state index in [1.807, 2.05) is 18.2 Å². The molecule has 1 aliphatic heterocycles. The molecule has 0 aromatic heterocycles. The van der Waals surface area contributed by atoms with E-state index in [9.17, 15) is 14.3 Å². The van der Waals surface area contributed by atoms with Gasteiger partial charge in [0, 0.05) is 18.9 Å². The van der Waals surface area contributed by atoms with Crippen molar-refractivity contribution in [3.63, 3.8) is 0 Å². The maximum atomic E-state index is 13.7. The number of hydrogen-bond donors (Lipinski definition) is 1. The molecular weight excluding hydrogens is 371 g/mol. The fraction of sp³-hybridized carbons (Fsp3) is 0.130. The van der Waals surface area contributed by atoms with Gasteiger partial charge in [0.1, 0.15) is 11.6 Å². The first-order valence-corrected chi connectivity index (χ1v) is 9.20. The monoisotopic (exact) mass is 390 g/mol. The normalized spacial score (nSPS) is 15.9. The molecule has 0 saturated carbocycles. The van der Waals surface area contributed by atoms with Gasteiger partial charge in [0.15, 0.2) is 11.5 Å². The summed E-state index contributed by atoms with van der Waals surface area (Å²) in [6, 6.07) is 19.9. The van der Waals surface area contributed by atoms with Crippen molar-refractivity contribution in [2.75, 3.05) is 0 Å². The van der Waals surface area contributed by atoms with Crippen LogP contribution in [0.25, 0.3) is 0 Å². The summed E-state index contributed by atoms with van der Waals surface area (Å²) in [5.74, 6) is 0.311. The topological polar surface area (TPSA) is 62.1 Å². The molecule has 1 N–H and O–H groups in total. The summed E-state index contributed by atoms with van der Waals surface area (Å²) in [5.41, 5.74) is 1.98. The molecule has 3 aromatic carbocycles. The van der Waals surface area contributed by atoms with Gasteiger partial charge in [-0.05, 0) is 48.0 Å². The number of phenols is 1. The van der Waals surface area contributed by atoms with E-state index in [1.165, 1.54) is 24.1 Å². The number of aromatic hydroxyl groups is 1. The Labute approximate surface area is 167 Å². The molecule has 3 aromatic rings. The Morgan fingerprint density at radius 3 is 2.59 bits per heavy atom. The molecule has 0 fully saturated rings. The number of benzene rings is 3. The minimum Gasteiger partial charge on any atom is -0.504 e. The molecule has 1 aliphatic rings. The molecule has 1 unspecified atom stereocenters. The molecule has 1 amide bonds. The van der Waals surface area contributed by atoms with Crippen LogP contribution in [0.2, 0.25) is 0 Å². The minimum absolute atomic E-state index is 0.0300. The van der Waals surface area contributed by atoms with Gasteiger partial charge in [0.25, 0.3) is 0 Å². The third-order valence-corrected chi connectivity index (χ3v) is 4.73. The summed E-state index contributed by atoms with van der Waals surface area (Å²) in [6.45, 7) is 1.42. The van der Waals surface area contributed by atoms with Crippen LogP contribution in [0.1, 0.15) is 30.5 Å². The highest BCUT2D eigenvalue weighted by atomic mass is 19.1. The second-order valence-corrected chi connectivity index (χ2v) is 6.78. The van der Waals surface area contributed by atoms with Crippen LogP contribution >= 0.6 is 0 Å². The van der Waals surface area contributed by atoms with Crippen molar-refractivity contribution in [3.8, 4) is 17.2 Å². The number of carbonyl (C=O) groups is 1. The van der Waals surface area contributed by atoms with Gasteiger partial charge in [0.05, 0.1) is 11.8 Å². The van der Waals surface area contributed by atoms with Crippen LogP contribution in [0.4, 0.5) is 4.39 Å². The Kier molecular flexibility index (Phi) is 4.99. The summed E-state index contributed by atoms with van der Waals surface area (Å²) in [5, 5.41) is 16.2. The molecule has 4 rings (SSSR count). The number of nitrogens with zero attached hydrogens (tertiary/aromatic N) is 2. The Balaban J connectivity index is 1.60. The van der Waals surface area contributed by atoms with E-state index in [1.54, 1.807) is 42.5 Å². The first-order chi connectivity index (χ1) is 14.0. The van der Waals surface area contributed by atoms with E-state index in [4.69, 9.17) is 4.74 Å². The van der Waals surface area contributed by atoms with Gasteiger partial charge >= 0.3 is 0 Å². The number of carbonyl (C=O) groups excluding carboxylic acids is 1. The summed E-state index contributed by atoms with van der Waals surface area (Å²) in [7, 11) is 0. The Hall–Kier alpha value is -3.67. The number of rotatable bonds is 4.